The molecule has 2 atom stereocenters. The first-order valence-corrected chi connectivity index (χ1v) is 8.37. The van der Waals surface area contributed by atoms with Crippen molar-refractivity contribution in [3.05, 3.63) is 22.7 Å². The van der Waals surface area contributed by atoms with Gasteiger partial charge in [-0.05, 0) is 41.5 Å². The standard InChI is InChI=1S/C16H25N3O2S/c1-10-7-8-11(2)19(10)14(20)13-12(3)18-15(22-13)17-9-21-16(4,5)6/h7-8,10-11H,9H2,1-6H3,(H,17,18). The lowest BCUT2D eigenvalue weighted by Gasteiger charge is -2.26. The minimum Gasteiger partial charge on any atom is -0.356 e. The summed E-state index contributed by atoms with van der Waals surface area (Å²) in [4.78, 5) is 19.7. The second-order valence-corrected chi connectivity index (χ2v) is 7.59. The number of aryl methyl sites for hydroxylation is 1. The minimum absolute atomic E-state index is 0.0461. The van der Waals surface area contributed by atoms with Crippen LogP contribution >= 0.6 is 11.3 Å². The van der Waals surface area contributed by atoms with Gasteiger partial charge in [-0.2, -0.15) is 0 Å². The Morgan fingerprint density at radius 2 is 1.95 bits per heavy atom. The quantitative estimate of drug-likeness (QED) is 0.681. The third-order valence-electron chi connectivity index (χ3n) is 3.50. The maximum Gasteiger partial charge on any atom is 0.266 e. The van der Waals surface area contributed by atoms with Crippen molar-refractivity contribution in [1.29, 1.82) is 0 Å². The first-order valence-electron chi connectivity index (χ1n) is 7.55. The highest BCUT2D eigenvalue weighted by atomic mass is 32.1. The number of ether oxygens (including phenoxy) is 1. The fourth-order valence-corrected chi connectivity index (χ4v) is 3.24. The number of anilines is 1. The van der Waals surface area contributed by atoms with Crippen molar-refractivity contribution >= 4 is 22.4 Å². The van der Waals surface area contributed by atoms with Gasteiger partial charge in [0, 0.05) is 12.1 Å². The first kappa shape index (κ1) is 17.0. The summed E-state index contributed by atoms with van der Waals surface area (Å²) in [5, 5.41) is 3.85. The van der Waals surface area contributed by atoms with Crippen molar-refractivity contribution in [2.75, 3.05) is 12.0 Å². The van der Waals surface area contributed by atoms with E-state index in [1.54, 1.807) is 0 Å². The number of rotatable bonds is 4. The van der Waals surface area contributed by atoms with Gasteiger partial charge in [0.05, 0.1) is 11.3 Å². The molecule has 1 aliphatic heterocycles. The number of thiazole rings is 1. The van der Waals surface area contributed by atoms with Crippen molar-refractivity contribution in [1.82, 2.24) is 9.88 Å². The molecular formula is C16H25N3O2S. The summed E-state index contributed by atoms with van der Waals surface area (Å²) in [6.45, 7) is 12.3. The van der Waals surface area contributed by atoms with Crippen LogP contribution in [0, 0.1) is 6.92 Å². The average molecular weight is 323 g/mol. The van der Waals surface area contributed by atoms with Gasteiger partial charge in [0.1, 0.15) is 11.6 Å². The van der Waals surface area contributed by atoms with E-state index in [-0.39, 0.29) is 23.6 Å². The number of nitrogens with one attached hydrogen (secondary N) is 1. The second kappa shape index (κ2) is 6.38. The van der Waals surface area contributed by atoms with Crippen LogP contribution in [-0.2, 0) is 4.74 Å². The smallest absolute Gasteiger partial charge is 0.266 e. The number of hydrogen-bond acceptors (Lipinski definition) is 5. The molecule has 0 saturated heterocycles. The number of hydrogen-bond donors (Lipinski definition) is 1. The molecular weight excluding hydrogens is 298 g/mol. The topological polar surface area (TPSA) is 54.5 Å². The highest BCUT2D eigenvalue weighted by Crippen LogP contribution is 2.27. The molecule has 1 N–H and O–H groups in total. The van der Waals surface area contributed by atoms with E-state index in [2.05, 4.69) is 22.5 Å². The van der Waals surface area contributed by atoms with Gasteiger partial charge in [0.15, 0.2) is 5.13 Å². The lowest BCUT2D eigenvalue weighted by Crippen LogP contribution is -2.39. The van der Waals surface area contributed by atoms with Crippen LogP contribution in [0.15, 0.2) is 12.2 Å². The molecule has 0 bridgehead atoms. The molecule has 0 saturated carbocycles. The lowest BCUT2D eigenvalue weighted by molar-refractivity contribution is 0.00845. The predicted octanol–water partition coefficient (Wildman–Crippen LogP) is 3.43. The molecule has 0 fully saturated rings. The second-order valence-electron chi connectivity index (χ2n) is 6.59. The van der Waals surface area contributed by atoms with Gasteiger partial charge in [0.25, 0.3) is 5.91 Å². The lowest BCUT2D eigenvalue weighted by atomic mass is 10.2. The van der Waals surface area contributed by atoms with Crippen molar-refractivity contribution in [3.63, 3.8) is 0 Å². The van der Waals surface area contributed by atoms with Gasteiger partial charge >= 0.3 is 0 Å². The third kappa shape index (κ3) is 3.87. The van der Waals surface area contributed by atoms with E-state index in [0.717, 1.165) is 10.8 Å². The molecule has 122 valence electrons. The molecule has 0 aliphatic carbocycles. The Labute approximate surface area is 136 Å². The summed E-state index contributed by atoms with van der Waals surface area (Å²) >= 11 is 1.39. The monoisotopic (exact) mass is 323 g/mol. The van der Waals surface area contributed by atoms with Gasteiger partial charge in [-0.3, -0.25) is 4.79 Å². The van der Waals surface area contributed by atoms with Crippen LogP contribution in [0.5, 0.6) is 0 Å². The molecule has 1 aromatic rings. The fourth-order valence-electron chi connectivity index (χ4n) is 2.35. The van der Waals surface area contributed by atoms with Crippen molar-refractivity contribution in [2.24, 2.45) is 0 Å². The molecule has 5 nitrogen and oxygen atoms in total. The molecule has 6 heteroatoms. The Kier molecular flexibility index (Phi) is 4.92. The zero-order valence-electron chi connectivity index (χ0n) is 14.1. The van der Waals surface area contributed by atoms with Gasteiger partial charge in [-0.25, -0.2) is 4.98 Å². The normalized spacial score (nSPS) is 21.5. The van der Waals surface area contributed by atoms with Gasteiger partial charge < -0.3 is 15.0 Å². The summed E-state index contributed by atoms with van der Waals surface area (Å²) in [6.07, 6.45) is 4.13. The molecule has 2 heterocycles. The Hall–Kier alpha value is -1.40. The van der Waals surface area contributed by atoms with Gasteiger partial charge in [-0.15, -0.1) is 0 Å². The van der Waals surface area contributed by atoms with E-state index in [4.69, 9.17) is 4.74 Å². The van der Waals surface area contributed by atoms with Crippen LogP contribution in [0.1, 0.15) is 50.0 Å². The first-order chi connectivity index (χ1) is 10.2. The maximum atomic E-state index is 12.7. The molecule has 0 spiro atoms. The highest BCUT2D eigenvalue weighted by molar-refractivity contribution is 7.17. The van der Waals surface area contributed by atoms with Crippen molar-refractivity contribution in [3.8, 4) is 0 Å². The Balaban J connectivity index is 2.05. The number of aromatic nitrogens is 1. The number of amides is 1. The molecule has 1 aliphatic rings. The van der Waals surface area contributed by atoms with Crippen LogP contribution < -0.4 is 5.32 Å². The number of carbonyl (C=O) groups excluding carboxylic acids is 1. The van der Waals surface area contributed by atoms with E-state index < -0.39 is 0 Å². The van der Waals surface area contributed by atoms with Crippen LogP contribution in [0.3, 0.4) is 0 Å². The number of carbonyl (C=O) groups is 1. The Morgan fingerprint density at radius 1 is 1.36 bits per heavy atom. The summed E-state index contributed by atoms with van der Waals surface area (Å²) in [5.74, 6) is 0.0461. The molecule has 2 rings (SSSR count). The zero-order chi connectivity index (χ0) is 16.5. The largest absolute Gasteiger partial charge is 0.356 e. The maximum absolute atomic E-state index is 12.7. The number of nitrogens with zero attached hydrogens (tertiary/aromatic N) is 2. The highest BCUT2D eigenvalue weighted by Gasteiger charge is 2.30. The third-order valence-corrected chi connectivity index (χ3v) is 4.60. The average Bonchev–Trinajstić information content (AvgIpc) is 2.91. The molecule has 1 amide bonds. The molecule has 2 unspecified atom stereocenters. The van der Waals surface area contributed by atoms with Crippen LogP contribution in [-0.4, -0.2) is 40.2 Å². The Bertz CT molecular complexity index is 562. The van der Waals surface area contributed by atoms with Gasteiger partial charge in [0.2, 0.25) is 0 Å². The van der Waals surface area contributed by atoms with E-state index in [0.29, 0.717) is 11.6 Å². The summed E-state index contributed by atoms with van der Waals surface area (Å²) in [7, 11) is 0. The van der Waals surface area contributed by atoms with E-state index >= 15 is 0 Å². The zero-order valence-corrected chi connectivity index (χ0v) is 15.0. The van der Waals surface area contributed by atoms with E-state index in [1.807, 2.05) is 46.4 Å². The van der Waals surface area contributed by atoms with Crippen LogP contribution in [0.25, 0.3) is 0 Å². The fraction of sp³-hybridized carbons (Fsp3) is 0.625. The van der Waals surface area contributed by atoms with E-state index in [1.165, 1.54) is 11.3 Å². The Morgan fingerprint density at radius 3 is 2.50 bits per heavy atom. The summed E-state index contributed by atoms with van der Waals surface area (Å²) in [5.41, 5.74) is 0.559. The van der Waals surface area contributed by atoms with Crippen molar-refractivity contribution in [2.45, 2.75) is 59.2 Å². The van der Waals surface area contributed by atoms with Crippen molar-refractivity contribution < 1.29 is 9.53 Å². The summed E-state index contributed by atoms with van der Waals surface area (Å²) in [6, 6.07) is 0.259. The molecule has 1 aromatic heterocycles. The minimum atomic E-state index is -0.204. The SMILES string of the molecule is Cc1nc(NCOC(C)(C)C)sc1C(=O)N1C(C)C=CC1C. The molecule has 0 radical (unpaired) electrons. The molecule has 22 heavy (non-hydrogen) atoms. The van der Waals surface area contributed by atoms with E-state index in [9.17, 15) is 4.79 Å². The molecule has 0 aromatic carbocycles. The van der Waals surface area contributed by atoms with Crippen LogP contribution in [0.4, 0.5) is 5.13 Å². The van der Waals surface area contributed by atoms with Crippen LogP contribution in [0.2, 0.25) is 0 Å². The predicted molar refractivity (Wildman–Crippen MR) is 90.4 cm³/mol. The van der Waals surface area contributed by atoms with Gasteiger partial charge in [-0.1, -0.05) is 23.5 Å². The summed E-state index contributed by atoms with van der Waals surface area (Å²) < 4.78 is 5.63.